The first-order valence-corrected chi connectivity index (χ1v) is 8.33. The second kappa shape index (κ2) is 6.33. The third-order valence-electron chi connectivity index (χ3n) is 4.97. The van der Waals surface area contributed by atoms with E-state index in [1.807, 2.05) is 6.07 Å². The number of ether oxygens (including phenoxy) is 1. The molecule has 1 aromatic carbocycles. The van der Waals surface area contributed by atoms with Crippen LogP contribution in [0.3, 0.4) is 0 Å². The van der Waals surface area contributed by atoms with Gasteiger partial charge < -0.3 is 4.74 Å². The molecule has 0 spiro atoms. The average molecular weight is 337 g/mol. The number of hydrogen-bond acceptors (Lipinski definition) is 7. The van der Waals surface area contributed by atoms with Gasteiger partial charge in [-0.3, -0.25) is 10.1 Å². The minimum Gasteiger partial charge on any atom is -0.468 e. The van der Waals surface area contributed by atoms with E-state index < -0.39 is 11.8 Å². The molecule has 0 radical (unpaired) electrons. The van der Waals surface area contributed by atoms with E-state index in [1.165, 1.54) is 30.9 Å². The Hall–Kier alpha value is -2.67. The molecule has 1 aromatic rings. The summed E-state index contributed by atoms with van der Waals surface area (Å²) in [5, 5.41) is 3.29. The first kappa shape index (κ1) is 15.8. The standard InChI is InChI=1S/C18H19N5O2/c1-25-17(24)16(14-7-6-12-4-2-3-5-13(12)8-14)23-18-15(20-11-22-18)9-19-10-21-18/h2-5,9-11,14,16,23H,6-8H2,1H3. The summed E-state index contributed by atoms with van der Waals surface area (Å²) in [6.07, 6.45) is 7.14. The van der Waals surface area contributed by atoms with Gasteiger partial charge in [-0.25, -0.2) is 20.0 Å². The molecule has 3 aliphatic rings. The quantitative estimate of drug-likeness (QED) is 0.837. The summed E-state index contributed by atoms with van der Waals surface area (Å²) >= 11 is 0. The number of esters is 1. The second-order valence-electron chi connectivity index (χ2n) is 6.37. The van der Waals surface area contributed by atoms with Gasteiger partial charge in [-0.2, -0.15) is 0 Å². The van der Waals surface area contributed by atoms with Crippen molar-refractivity contribution in [2.24, 2.45) is 25.9 Å². The molecule has 128 valence electrons. The molecular weight excluding hydrogens is 318 g/mol. The average Bonchev–Trinajstić information content (AvgIpc) is 3.09. The summed E-state index contributed by atoms with van der Waals surface area (Å²) in [5.74, 6) is -1.28. The summed E-state index contributed by atoms with van der Waals surface area (Å²) in [7, 11) is 1.41. The van der Waals surface area contributed by atoms with Crippen LogP contribution in [-0.4, -0.2) is 49.5 Å². The van der Waals surface area contributed by atoms with Crippen LogP contribution in [0.15, 0.2) is 44.2 Å². The Kier molecular flexibility index (Phi) is 4.01. The molecule has 7 nitrogen and oxygen atoms in total. The fourth-order valence-electron chi connectivity index (χ4n) is 3.65. The highest BCUT2D eigenvalue weighted by Gasteiger charge is 2.44. The summed E-state index contributed by atoms with van der Waals surface area (Å²) in [5.41, 5.74) is 3.22. The minimum absolute atomic E-state index is 0.0999. The Bertz CT molecular complexity index is 813. The van der Waals surface area contributed by atoms with Crippen molar-refractivity contribution in [1.82, 2.24) is 5.32 Å². The van der Waals surface area contributed by atoms with Gasteiger partial charge in [-0.1, -0.05) is 24.3 Å². The van der Waals surface area contributed by atoms with Crippen molar-refractivity contribution < 1.29 is 9.53 Å². The lowest BCUT2D eigenvalue weighted by Gasteiger charge is -2.35. The van der Waals surface area contributed by atoms with Crippen LogP contribution < -0.4 is 5.32 Å². The van der Waals surface area contributed by atoms with Crippen LogP contribution >= 0.6 is 0 Å². The van der Waals surface area contributed by atoms with Crippen molar-refractivity contribution >= 4 is 30.6 Å². The van der Waals surface area contributed by atoms with Crippen LogP contribution in [0.2, 0.25) is 0 Å². The maximum Gasteiger partial charge on any atom is 0.323 e. The lowest BCUT2D eigenvalue weighted by molar-refractivity contribution is -0.145. The van der Waals surface area contributed by atoms with Gasteiger partial charge in [-0.15, -0.1) is 0 Å². The number of aliphatic imine (C=N–C) groups is 4. The number of methoxy groups -OCH3 is 1. The van der Waals surface area contributed by atoms with Crippen LogP contribution in [0.25, 0.3) is 0 Å². The Morgan fingerprint density at radius 2 is 2.08 bits per heavy atom. The molecule has 3 atom stereocenters. The van der Waals surface area contributed by atoms with Gasteiger partial charge in [0.25, 0.3) is 5.79 Å². The normalized spacial score (nSPS) is 27.4. The fourth-order valence-corrected chi connectivity index (χ4v) is 3.65. The zero-order valence-corrected chi connectivity index (χ0v) is 13.9. The predicted molar refractivity (Wildman–Crippen MR) is 96.5 cm³/mol. The smallest absolute Gasteiger partial charge is 0.323 e. The number of fused-ring (bicyclic) bond motifs is 2. The molecule has 2 aliphatic heterocycles. The SMILES string of the molecule is COC(=O)C(NC12N=CN=CC1=NC=N2)C1CCc2ccccc2C1. The van der Waals surface area contributed by atoms with E-state index in [9.17, 15) is 4.79 Å². The van der Waals surface area contributed by atoms with Gasteiger partial charge in [0, 0.05) is 0 Å². The maximum atomic E-state index is 12.5. The highest BCUT2D eigenvalue weighted by molar-refractivity contribution is 6.39. The largest absolute Gasteiger partial charge is 0.468 e. The van der Waals surface area contributed by atoms with E-state index in [0.717, 1.165) is 19.3 Å². The highest BCUT2D eigenvalue weighted by atomic mass is 16.5. The van der Waals surface area contributed by atoms with Gasteiger partial charge in [0.1, 0.15) is 24.4 Å². The number of carbonyl (C=O) groups is 1. The summed E-state index contributed by atoms with van der Waals surface area (Å²) < 4.78 is 5.06. The fraction of sp³-hybridized carbons (Fsp3) is 0.389. The van der Waals surface area contributed by atoms with E-state index in [1.54, 1.807) is 6.21 Å². The van der Waals surface area contributed by atoms with E-state index >= 15 is 0 Å². The molecule has 0 aromatic heterocycles. The Morgan fingerprint density at radius 3 is 2.92 bits per heavy atom. The molecule has 0 amide bonds. The molecule has 7 heteroatoms. The Labute approximate surface area is 145 Å². The topological polar surface area (TPSA) is 87.8 Å². The van der Waals surface area contributed by atoms with Gasteiger partial charge in [-0.05, 0) is 36.3 Å². The van der Waals surface area contributed by atoms with Crippen molar-refractivity contribution in [2.75, 3.05) is 7.11 Å². The van der Waals surface area contributed by atoms with Gasteiger partial charge >= 0.3 is 5.97 Å². The number of rotatable bonds is 4. The van der Waals surface area contributed by atoms with Crippen LogP contribution in [0.1, 0.15) is 17.5 Å². The monoisotopic (exact) mass is 337 g/mol. The number of nitrogens with zero attached hydrogens (tertiary/aromatic N) is 4. The minimum atomic E-state index is -1.07. The van der Waals surface area contributed by atoms with E-state index in [2.05, 4.69) is 43.5 Å². The van der Waals surface area contributed by atoms with E-state index in [0.29, 0.717) is 5.71 Å². The first-order chi connectivity index (χ1) is 12.2. The van der Waals surface area contributed by atoms with Crippen molar-refractivity contribution in [3.05, 3.63) is 35.4 Å². The number of benzene rings is 1. The summed E-state index contributed by atoms with van der Waals surface area (Å²) in [6.45, 7) is 0. The van der Waals surface area contributed by atoms with Crippen LogP contribution in [-0.2, 0) is 22.4 Å². The maximum absolute atomic E-state index is 12.5. The number of nitrogens with one attached hydrogen (secondary N) is 1. The van der Waals surface area contributed by atoms with Crippen LogP contribution in [0.4, 0.5) is 0 Å². The van der Waals surface area contributed by atoms with Crippen molar-refractivity contribution in [1.29, 1.82) is 0 Å². The van der Waals surface area contributed by atoms with Crippen molar-refractivity contribution in [2.45, 2.75) is 31.1 Å². The lowest BCUT2D eigenvalue weighted by atomic mass is 9.79. The molecule has 0 fully saturated rings. The highest BCUT2D eigenvalue weighted by Crippen LogP contribution is 2.30. The molecule has 1 N–H and O–H groups in total. The number of carbonyl (C=O) groups excluding carboxylic acids is 1. The number of aryl methyl sites for hydroxylation is 1. The molecule has 0 saturated carbocycles. The van der Waals surface area contributed by atoms with E-state index in [4.69, 9.17) is 4.74 Å². The predicted octanol–water partition coefficient (Wildman–Crippen LogP) is 1.17. The molecular formula is C18H19N5O2. The Morgan fingerprint density at radius 1 is 1.28 bits per heavy atom. The van der Waals surface area contributed by atoms with Crippen LogP contribution in [0.5, 0.6) is 0 Å². The first-order valence-electron chi connectivity index (χ1n) is 8.33. The third kappa shape index (κ3) is 2.80. The third-order valence-corrected chi connectivity index (χ3v) is 4.97. The molecule has 2 heterocycles. The molecule has 0 saturated heterocycles. The van der Waals surface area contributed by atoms with Crippen LogP contribution in [0, 0.1) is 5.92 Å². The summed E-state index contributed by atoms with van der Waals surface area (Å²) in [6, 6.07) is 7.84. The van der Waals surface area contributed by atoms with Gasteiger partial charge in [0.05, 0.1) is 13.3 Å². The zero-order valence-electron chi connectivity index (χ0n) is 13.9. The molecule has 25 heavy (non-hydrogen) atoms. The second-order valence-corrected chi connectivity index (χ2v) is 6.37. The molecule has 4 rings (SSSR count). The lowest BCUT2D eigenvalue weighted by Crippen LogP contribution is -2.59. The zero-order chi connectivity index (χ0) is 17.3. The van der Waals surface area contributed by atoms with Gasteiger partial charge in [0.2, 0.25) is 0 Å². The molecule has 0 bridgehead atoms. The van der Waals surface area contributed by atoms with Crippen molar-refractivity contribution in [3.63, 3.8) is 0 Å². The molecule has 3 unspecified atom stereocenters. The Balaban J connectivity index is 1.61. The summed E-state index contributed by atoms with van der Waals surface area (Å²) in [4.78, 5) is 29.4. The van der Waals surface area contributed by atoms with Crippen molar-refractivity contribution in [3.8, 4) is 0 Å². The molecule has 1 aliphatic carbocycles. The van der Waals surface area contributed by atoms with Gasteiger partial charge in [0.15, 0.2) is 0 Å². The number of hydrogen-bond donors (Lipinski definition) is 1. The van der Waals surface area contributed by atoms with E-state index in [-0.39, 0.29) is 11.9 Å².